The summed E-state index contributed by atoms with van der Waals surface area (Å²) in [6.45, 7) is 4.84. The molecule has 0 saturated carbocycles. The van der Waals surface area contributed by atoms with E-state index in [4.69, 9.17) is 0 Å². The summed E-state index contributed by atoms with van der Waals surface area (Å²) in [6.07, 6.45) is 13.7. The number of thiazole rings is 1. The van der Waals surface area contributed by atoms with Crippen LogP contribution in [0, 0.1) is 28.6 Å². The smallest absolute Gasteiger partial charge is 0.309 e. The number of carbonyl (C=O) groups is 3. The second-order valence-corrected chi connectivity index (χ2v) is 14.7. The Labute approximate surface area is 302 Å². The molecule has 4 aromatic rings. The third kappa shape index (κ3) is 7.42. The van der Waals surface area contributed by atoms with E-state index in [-0.39, 0.29) is 50.1 Å². The molecule has 260 valence electrons. The van der Waals surface area contributed by atoms with Crippen LogP contribution in [0.3, 0.4) is 0 Å². The largest absolute Gasteiger partial charge is 0.481 e. The van der Waals surface area contributed by atoms with Crippen molar-refractivity contribution < 1.29 is 29.2 Å². The summed E-state index contributed by atoms with van der Waals surface area (Å²) < 4.78 is 3.03. The fourth-order valence-corrected chi connectivity index (χ4v) is 8.94. The number of rotatable bonds is 13. The number of fused-ring (bicyclic) bond motifs is 4. The van der Waals surface area contributed by atoms with Crippen LogP contribution >= 0.6 is 11.3 Å². The number of ketones is 1. The van der Waals surface area contributed by atoms with Gasteiger partial charge in [-0.2, -0.15) is 9.83 Å². The van der Waals surface area contributed by atoms with E-state index in [0.29, 0.717) is 17.1 Å². The number of aromatic nitrogens is 1. The van der Waals surface area contributed by atoms with Crippen molar-refractivity contribution >= 4 is 56.1 Å². The minimum absolute atomic E-state index is 0.0259. The number of benzene rings is 3. The highest BCUT2D eigenvalue weighted by molar-refractivity contribution is 7.19. The minimum atomic E-state index is -0.894. The second kappa shape index (κ2) is 15.3. The molecular weight excluding hydrogens is 659 g/mol. The van der Waals surface area contributed by atoms with E-state index in [9.17, 15) is 29.9 Å². The van der Waals surface area contributed by atoms with E-state index in [0.717, 1.165) is 44.5 Å². The molecule has 0 radical (unpaired) electrons. The number of allylic oxidation sites excluding steroid dienone is 6. The SMILES string of the molecule is CCC1C=CC2C(C1)C(C)(CC(=O)c1ccccc1)C(=CC=C(C#N)C=Cc1sc3ccc4ccccc4c3[n+]1CCC(=O)O)N2CCC(=O)O. The summed E-state index contributed by atoms with van der Waals surface area (Å²) in [4.78, 5) is 39.4. The maximum absolute atomic E-state index is 13.8. The average Bonchev–Trinajstić information content (AvgIpc) is 3.61. The van der Waals surface area contributed by atoms with Crippen LogP contribution in [0.4, 0.5) is 0 Å². The van der Waals surface area contributed by atoms with Crippen molar-refractivity contribution in [3.63, 3.8) is 0 Å². The van der Waals surface area contributed by atoms with E-state index in [1.54, 1.807) is 12.2 Å². The monoisotopic (exact) mass is 700 g/mol. The number of likely N-dealkylation sites (tertiary alicyclic amines) is 1. The van der Waals surface area contributed by atoms with E-state index in [2.05, 4.69) is 43.0 Å². The molecule has 1 aliphatic carbocycles. The van der Waals surface area contributed by atoms with Gasteiger partial charge in [0.25, 0.3) is 5.01 Å². The van der Waals surface area contributed by atoms with Crippen molar-refractivity contribution in [1.29, 1.82) is 5.26 Å². The lowest BCUT2D eigenvalue weighted by molar-refractivity contribution is -0.667. The van der Waals surface area contributed by atoms with Crippen molar-refractivity contribution in [3.05, 3.63) is 119 Å². The first-order valence-corrected chi connectivity index (χ1v) is 18.3. The molecule has 1 aromatic heterocycles. The van der Waals surface area contributed by atoms with Crippen LogP contribution in [-0.4, -0.2) is 45.4 Å². The summed E-state index contributed by atoms with van der Waals surface area (Å²) in [5.41, 5.74) is 2.22. The number of hydrogen-bond donors (Lipinski definition) is 2. The summed E-state index contributed by atoms with van der Waals surface area (Å²) in [5.74, 6) is -1.32. The minimum Gasteiger partial charge on any atom is -0.481 e. The summed E-state index contributed by atoms with van der Waals surface area (Å²) >= 11 is 1.54. The molecule has 4 unspecified atom stereocenters. The molecule has 3 aromatic carbocycles. The standard InChI is InChI=1S/C42H41N3O5S/c1-3-28-13-17-34-33(25-28)42(2,26-35(46)31-10-5-4-6-11-31)37(44(34)23-21-39(47)48)19-14-29(27-43)15-20-38-45(24-22-40(49)50)41-32-12-8-7-9-30(32)16-18-36(41)51-38/h4-20,28,33-34H,3,21-26H2,1-2H3,(H-,47,48,49,50)/p+1. The van der Waals surface area contributed by atoms with Gasteiger partial charge < -0.3 is 15.1 Å². The molecule has 9 heteroatoms. The number of aliphatic carboxylic acids is 2. The van der Waals surface area contributed by atoms with E-state index in [1.165, 1.54) is 11.3 Å². The van der Waals surface area contributed by atoms with Gasteiger partial charge in [-0.15, -0.1) is 0 Å². The number of Topliss-reactive ketones (excluding diaryl/α,β-unsaturated/α-hetero) is 1. The Morgan fingerprint density at radius 1 is 1.02 bits per heavy atom. The van der Waals surface area contributed by atoms with Gasteiger partial charge in [0, 0.05) is 35.7 Å². The van der Waals surface area contributed by atoms with Gasteiger partial charge in [-0.1, -0.05) is 91.9 Å². The zero-order valence-electron chi connectivity index (χ0n) is 28.9. The number of carboxylic acids is 2. The van der Waals surface area contributed by atoms with E-state index >= 15 is 0 Å². The lowest BCUT2D eigenvalue weighted by Gasteiger charge is -2.36. The zero-order chi connectivity index (χ0) is 36.1. The van der Waals surface area contributed by atoms with Crippen molar-refractivity contribution in [3.8, 4) is 6.07 Å². The number of nitriles is 1. The number of nitrogens with zero attached hydrogens (tertiary/aromatic N) is 3. The highest BCUT2D eigenvalue weighted by Gasteiger charge is 2.53. The average molecular weight is 701 g/mol. The molecule has 2 heterocycles. The number of carbonyl (C=O) groups excluding carboxylic acids is 1. The Morgan fingerprint density at radius 2 is 1.76 bits per heavy atom. The van der Waals surface area contributed by atoms with E-state index < -0.39 is 17.4 Å². The maximum atomic E-state index is 13.8. The van der Waals surface area contributed by atoms with E-state index in [1.807, 2.05) is 77.4 Å². The van der Waals surface area contributed by atoms with Gasteiger partial charge >= 0.3 is 11.9 Å². The van der Waals surface area contributed by atoms with Crippen LogP contribution in [0.1, 0.15) is 61.3 Å². The van der Waals surface area contributed by atoms with Crippen LogP contribution in [0.25, 0.3) is 27.1 Å². The van der Waals surface area contributed by atoms with Crippen LogP contribution in [0.2, 0.25) is 0 Å². The highest BCUT2D eigenvalue weighted by Crippen LogP contribution is 2.55. The molecule has 0 bridgehead atoms. The number of hydrogen-bond acceptors (Lipinski definition) is 6. The predicted molar refractivity (Wildman–Crippen MR) is 200 cm³/mol. The van der Waals surface area contributed by atoms with Crippen molar-refractivity contribution in [1.82, 2.24) is 4.90 Å². The topological polar surface area (TPSA) is 123 Å². The Hall–Kier alpha value is -5.33. The first-order chi connectivity index (χ1) is 24.6. The lowest BCUT2D eigenvalue weighted by atomic mass is 9.66. The molecule has 1 saturated heterocycles. The molecule has 0 amide bonds. The third-order valence-electron chi connectivity index (χ3n) is 10.5. The highest BCUT2D eigenvalue weighted by atomic mass is 32.1. The molecule has 4 atom stereocenters. The summed E-state index contributed by atoms with van der Waals surface area (Å²) in [5, 5.41) is 32.4. The summed E-state index contributed by atoms with van der Waals surface area (Å²) in [7, 11) is 0. The molecule has 1 fully saturated rings. The van der Waals surface area contributed by atoms with Crippen LogP contribution in [0.15, 0.2) is 108 Å². The molecule has 8 nitrogen and oxygen atoms in total. The van der Waals surface area contributed by atoms with Gasteiger partial charge in [0.15, 0.2) is 12.3 Å². The van der Waals surface area contributed by atoms with Crippen molar-refractivity contribution in [2.24, 2.45) is 17.3 Å². The predicted octanol–water partition coefficient (Wildman–Crippen LogP) is 8.20. The summed E-state index contributed by atoms with van der Waals surface area (Å²) in [6, 6.07) is 23.6. The number of aryl methyl sites for hydroxylation is 1. The Morgan fingerprint density at radius 3 is 2.49 bits per heavy atom. The quantitative estimate of drug-likeness (QED) is 0.0474. The van der Waals surface area contributed by atoms with Crippen molar-refractivity contribution in [2.75, 3.05) is 6.54 Å². The Balaban J connectivity index is 1.42. The van der Waals surface area contributed by atoms with Crippen LogP contribution < -0.4 is 4.57 Å². The van der Waals surface area contributed by atoms with Crippen molar-refractivity contribution in [2.45, 2.75) is 58.5 Å². The van der Waals surface area contributed by atoms with Gasteiger partial charge in [0.05, 0.1) is 29.5 Å². The number of carboxylic acid groups (broad SMARTS) is 2. The Kier molecular flexibility index (Phi) is 10.6. The molecule has 6 rings (SSSR count). The lowest BCUT2D eigenvalue weighted by Crippen LogP contribution is -2.36. The fourth-order valence-electron chi connectivity index (χ4n) is 7.83. The van der Waals surface area contributed by atoms with Gasteiger partial charge in [-0.05, 0) is 60.4 Å². The van der Waals surface area contributed by atoms with Gasteiger partial charge in [0.1, 0.15) is 11.1 Å². The molecule has 2 N–H and O–H groups in total. The van der Waals surface area contributed by atoms with Crippen LogP contribution in [-0.2, 0) is 16.1 Å². The zero-order valence-corrected chi connectivity index (χ0v) is 29.7. The van der Waals surface area contributed by atoms with Gasteiger partial charge in [-0.25, -0.2) is 0 Å². The van der Waals surface area contributed by atoms with Crippen LogP contribution in [0.5, 0.6) is 0 Å². The molecule has 51 heavy (non-hydrogen) atoms. The molecule has 0 spiro atoms. The molecule has 2 aliphatic rings. The third-order valence-corrected chi connectivity index (χ3v) is 11.6. The Bertz CT molecular complexity index is 2140. The fraction of sp³-hybridized carbons (Fsp3) is 0.310. The molecular formula is C42H42N3O5S+. The first-order valence-electron chi connectivity index (χ1n) is 17.4. The first kappa shape index (κ1) is 35.5. The maximum Gasteiger partial charge on any atom is 0.309 e. The molecule has 1 aliphatic heterocycles. The van der Waals surface area contributed by atoms with Gasteiger partial charge in [-0.3, -0.25) is 14.4 Å². The van der Waals surface area contributed by atoms with Gasteiger partial charge in [0.2, 0.25) is 5.52 Å². The second-order valence-electron chi connectivity index (χ2n) is 13.6. The normalized spacial score (nSPS) is 22.5.